The quantitative estimate of drug-likeness (QED) is 0.717. The highest BCUT2D eigenvalue weighted by Gasteiger charge is 2.49. The van der Waals surface area contributed by atoms with Gasteiger partial charge in [-0.2, -0.15) is 0 Å². The van der Waals surface area contributed by atoms with Crippen molar-refractivity contribution in [3.8, 4) is 17.6 Å². The summed E-state index contributed by atoms with van der Waals surface area (Å²) in [4.78, 5) is 18.5. The largest absolute Gasteiger partial charge is 0.487 e. The smallest absolute Gasteiger partial charge is 0.252 e. The van der Waals surface area contributed by atoms with Gasteiger partial charge in [-0.25, -0.2) is 13.2 Å². The molecule has 4 nitrogen and oxygen atoms in total. The maximum Gasteiger partial charge on any atom is 0.252 e. The highest BCUT2D eigenvalue weighted by atomic mass is 19.3. The lowest BCUT2D eigenvalue weighted by atomic mass is 9.91. The number of aromatic nitrogens is 1. The van der Waals surface area contributed by atoms with Crippen molar-refractivity contribution in [2.75, 3.05) is 6.54 Å². The second-order valence-corrected chi connectivity index (χ2v) is 7.83. The second kappa shape index (κ2) is 7.11. The number of hydrogen-bond acceptors (Lipinski definition) is 3. The summed E-state index contributed by atoms with van der Waals surface area (Å²) in [6.45, 7) is 2.76. The SMILES string of the molecule is CC(C)(C(=O)N1C[C@@H]2C[C@H]1c1cncc(C#Cc3ccc(F)cc3)c1O2)C(F)F. The van der Waals surface area contributed by atoms with Gasteiger partial charge in [-0.15, -0.1) is 0 Å². The van der Waals surface area contributed by atoms with Gasteiger partial charge in [0.25, 0.3) is 6.43 Å². The normalized spacial score (nSPS) is 20.0. The van der Waals surface area contributed by atoms with E-state index in [1.165, 1.54) is 30.9 Å². The number of rotatable bonds is 2. The van der Waals surface area contributed by atoms with Crippen molar-refractivity contribution in [3.05, 3.63) is 59.2 Å². The van der Waals surface area contributed by atoms with E-state index in [2.05, 4.69) is 16.8 Å². The molecule has 1 saturated heterocycles. The van der Waals surface area contributed by atoms with Crippen molar-refractivity contribution in [1.29, 1.82) is 0 Å². The first-order chi connectivity index (χ1) is 13.8. The standard InChI is InChI=1S/C22H19F3N2O2/c1-22(2,20(24)25)21(28)27-12-16-9-18(27)17-11-26-10-14(19(17)29-16)6-3-13-4-7-15(23)8-5-13/h4-5,7-8,10-11,16,18,20H,9,12H2,1-2H3/t16-,18-/m0/s1. The van der Waals surface area contributed by atoms with Crippen LogP contribution in [0.25, 0.3) is 0 Å². The molecule has 0 aliphatic carbocycles. The van der Waals surface area contributed by atoms with E-state index in [4.69, 9.17) is 4.74 Å². The Morgan fingerprint density at radius 1 is 1.24 bits per heavy atom. The molecule has 0 spiro atoms. The number of pyridine rings is 1. The van der Waals surface area contributed by atoms with Crippen LogP contribution in [-0.4, -0.2) is 34.9 Å². The fourth-order valence-electron chi connectivity index (χ4n) is 3.63. The van der Waals surface area contributed by atoms with Crippen molar-refractivity contribution >= 4 is 5.91 Å². The van der Waals surface area contributed by atoms with Crippen LogP contribution in [-0.2, 0) is 4.79 Å². The van der Waals surface area contributed by atoms with E-state index in [1.54, 1.807) is 24.5 Å². The number of benzene rings is 1. The molecule has 2 aliphatic heterocycles. The van der Waals surface area contributed by atoms with Crippen molar-refractivity contribution in [1.82, 2.24) is 9.88 Å². The molecular formula is C22H19F3N2O2. The zero-order chi connectivity index (χ0) is 20.8. The van der Waals surface area contributed by atoms with E-state index in [-0.39, 0.29) is 24.5 Å². The molecule has 1 amide bonds. The Kier molecular flexibility index (Phi) is 4.73. The molecule has 29 heavy (non-hydrogen) atoms. The molecule has 4 rings (SSSR count). The van der Waals surface area contributed by atoms with Crippen molar-refractivity contribution in [3.63, 3.8) is 0 Å². The van der Waals surface area contributed by atoms with Gasteiger partial charge in [0, 0.05) is 29.9 Å². The summed E-state index contributed by atoms with van der Waals surface area (Å²) in [5.41, 5.74) is 0.0794. The maximum absolute atomic E-state index is 13.4. The fourth-order valence-corrected chi connectivity index (χ4v) is 3.63. The van der Waals surface area contributed by atoms with E-state index in [0.717, 1.165) is 0 Å². The van der Waals surface area contributed by atoms with Crippen LogP contribution in [0.15, 0.2) is 36.7 Å². The predicted molar refractivity (Wildman–Crippen MR) is 99.9 cm³/mol. The number of hydrogen-bond donors (Lipinski definition) is 0. The number of fused-ring (bicyclic) bond motifs is 4. The minimum Gasteiger partial charge on any atom is -0.487 e. The molecule has 2 aromatic rings. The summed E-state index contributed by atoms with van der Waals surface area (Å²) in [6, 6.07) is 5.43. The fraction of sp³-hybridized carbons (Fsp3) is 0.364. The molecule has 150 valence electrons. The third-order valence-electron chi connectivity index (χ3n) is 5.37. The Labute approximate surface area is 166 Å². The topological polar surface area (TPSA) is 42.4 Å². The van der Waals surface area contributed by atoms with E-state index in [0.29, 0.717) is 28.9 Å². The van der Waals surface area contributed by atoms with Crippen LogP contribution < -0.4 is 4.74 Å². The lowest BCUT2D eigenvalue weighted by molar-refractivity contribution is -0.149. The average Bonchev–Trinajstić information content (AvgIpc) is 3.04. The lowest BCUT2D eigenvalue weighted by Crippen LogP contribution is -2.44. The monoisotopic (exact) mass is 400 g/mol. The van der Waals surface area contributed by atoms with Crippen LogP contribution in [0.4, 0.5) is 13.2 Å². The third-order valence-corrected chi connectivity index (χ3v) is 5.37. The summed E-state index contributed by atoms with van der Waals surface area (Å²) in [5.74, 6) is 5.52. The molecular weight excluding hydrogens is 381 g/mol. The maximum atomic E-state index is 13.4. The van der Waals surface area contributed by atoms with Gasteiger partial charge in [-0.3, -0.25) is 9.78 Å². The van der Waals surface area contributed by atoms with E-state index in [9.17, 15) is 18.0 Å². The molecule has 2 atom stereocenters. The number of nitrogens with zero attached hydrogens (tertiary/aromatic N) is 2. The second-order valence-electron chi connectivity index (χ2n) is 7.83. The molecule has 1 aromatic carbocycles. The van der Waals surface area contributed by atoms with Gasteiger partial charge in [-0.1, -0.05) is 11.8 Å². The third kappa shape index (κ3) is 3.44. The number of carbonyl (C=O) groups excluding carboxylic acids is 1. The zero-order valence-electron chi connectivity index (χ0n) is 16.0. The van der Waals surface area contributed by atoms with Gasteiger partial charge in [0.15, 0.2) is 0 Å². The summed E-state index contributed by atoms with van der Waals surface area (Å²) in [7, 11) is 0. The Morgan fingerprint density at radius 2 is 1.97 bits per heavy atom. The Morgan fingerprint density at radius 3 is 2.66 bits per heavy atom. The predicted octanol–water partition coefficient (Wildman–Crippen LogP) is 3.95. The van der Waals surface area contributed by atoms with Crippen LogP contribution >= 0.6 is 0 Å². The highest BCUT2D eigenvalue weighted by Crippen LogP contribution is 2.46. The molecule has 0 radical (unpaired) electrons. The lowest BCUT2D eigenvalue weighted by Gasteiger charge is -2.32. The van der Waals surface area contributed by atoms with E-state index < -0.39 is 17.7 Å². The van der Waals surface area contributed by atoms with Gasteiger partial charge in [0.05, 0.1) is 18.2 Å². The first kappa shape index (κ1) is 19.3. The highest BCUT2D eigenvalue weighted by molar-refractivity contribution is 5.83. The molecule has 3 heterocycles. The van der Waals surface area contributed by atoms with Crippen LogP contribution in [0, 0.1) is 23.1 Å². The van der Waals surface area contributed by atoms with Gasteiger partial charge >= 0.3 is 0 Å². The number of ether oxygens (including phenoxy) is 1. The van der Waals surface area contributed by atoms with Crippen molar-refractivity contribution in [2.45, 2.75) is 38.8 Å². The van der Waals surface area contributed by atoms with Crippen LogP contribution in [0.5, 0.6) is 5.75 Å². The molecule has 0 saturated carbocycles. The Balaban J connectivity index is 1.67. The summed E-state index contributed by atoms with van der Waals surface area (Å²) >= 11 is 0. The summed E-state index contributed by atoms with van der Waals surface area (Å²) < 4.78 is 45.8. The van der Waals surface area contributed by atoms with E-state index >= 15 is 0 Å². The summed E-state index contributed by atoms with van der Waals surface area (Å²) in [5, 5.41) is 0. The zero-order valence-corrected chi connectivity index (χ0v) is 16.0. The minimum atomic E-state index is -2.76. The van der Waals surface area contributed by atoms with E-state index in [1.807, 2.05) is 0 Å². The molecule has 7 heteroatoms. The molecule has 1 fully saturated rings. The number of carbonyl (C=O) groups is 1. The number of amides is 1. The summed E-state index contributed by atoms with van der Waals surface area (Å²) in [6.07, 6.45) is 0.657. The van der Waals surface area contributed by atoms with Gasteiger partial charge in [0.1, 0.15) is 23.1 Å². The number of halogens is 3. The molecule has 2 aliphatic rings. The van der Waals surface area contributed by atoms with Gasteiger partial charge < -0.3 is 9.64 Å². The van der Waals surface area contributed by atoms with Crippen LogP contribution in [0.3, 0.4) is 0 Å². The Hall–Kier alpha value is -3.01. The van der Waals surface area contributed by atoms with Crippen LogP contribution in [0.1, 0.15) is 43.0 Å². The molecule has 0 unspecified atom stereocenters. The molecule has 1 aromatic heterocycles. The first-order valence-corrected chi connectivity index (χ1v) is 9.28. The molecule has 0 N–H and O–H groups in total. The number of likely N-dealkylation sites (tertiary alicyclic amines) is 1. The number of alkyl halides is 2. The average molecular weight is 400 g/mol. The first-order valence-electron chi connectivity index (χ1n) is 9.28. The van der Waals surface area contributed by atoms with Crippen LogP contribution in [0.2, 0.25) is 0 Å². The van der Waals surface area contributed by atoms with Crippen molar-refractivity contribution < 1.29 is 22.7 Å². The molecule has 2 bridgehead atoms. The van der Waals surface area contributed by atoms with Gasteiger partial charge in [0.2, 0.25) is 5.91 Å². The van der Waals surface area contributed by atoms with Gasteiger partial charge in [-0.05, 0) is 38.1 Å². The Bertz CT molecular complexity index is 1010. The minimum absolute atomic E-state index is 0.249. The van der Waals surface area contributed by atoms with Crippen molar-refractivity contribution in [2.24, 2.45) is 5.41 Å².